The predicted molar refractivity (Wildman–Crippen MR) is 77.5 cm³/mol. The van der Waals surface area contributed by atoms with Crippen molar-refractivity contribution in [3.63, 3.8) is 0 Å². The second-order valence-electron chi connectivity index (χ2n) is 4.32. The molecule has 2 aromatic rings. The molecule has 0 bridgehead atoms. The molecule has 0 saturated heterocycles. The van der Waals surface area contributed by atoms with Crippen LogP contribution in [0.2, 0.25) is 5.02 Å². The fraction of sp³-hybridized carbons (Fsp3) is 0.267. The van der Waals surface area contributed by atoms with Crippen molar-refractivity contribution in [3.05, 3.63) is 58.9 Å². The Morgan fingerprint density at radius 2 is 2.00 bits per heavy atom. The monoisotopic (exact) mass is 276 g/mol. The van der Waals surface area contributed by atoms with Gasteiger partial charge in [-0.3, -0.25) is 4.98 Å². The van der Waals surface area contributed by atoms with Gasteiger partial charge < -0.3 is 10.5 Å². The number of aromatic nitrogens is 1. The average Bonchev–Trinajstić information content (AvgIpc) is 2.42. The maximum Gasteiger partial charge on any atom is 0.137 e. The van der Waals surface area contributed by atoms with Crippen LogP contribution in [0.1, 0.15) is 24.1 Å². The van der Waals surface area contributed by atoms with E-state index in [1.807, 2.05) is 37.3 Å². The Morgan fingerprint density at radius 3 is 2.68 bits per heavy atom. The maximum absolute atomic E-state index is 6.20. The summed E-state index contributed by atoms with van der Waals surface area (Å²) in [5.74, 6) is 0.756. The quantitative estimate of drug-likeness (QED) is 0.911. The number of nitrogens with two attached hydrogens (primary N) is 1. The minimum absolute atomic E-state index is 0.103. The minimum Gasteiger partial charge on any atom is -0.492 e. The average molecular weight is 277 g/mol. The summed E-state index contributed by atoms with van der Waals surface area (Å²) in [5, 5.41) is 0.734. The Bertz CT molecular complexity index is 528. The van der Waals surface area contributed by atoms with Gasteiger partial charge in [0.05, 0.1) is 12.8 Å². The summed E-state index contributed by atoms with van der Waals surface area (Å²) in [6.07, 6.45) is 4.22. The van der Waals surface area contributed by atoms with E-state index in [0.29, 0.717) is 6.61 Å². The highest BCUT2D eigenvalue weighted by molar-refractivity contribution is 6.30. The van der Waals surface area contributed by atoms with Gasteiger partial charge in [0.2, 0.25) is 0 Å². The van der Waals surface area contributed by atoms with E-state index in [4.69, 9.17) is 22.1 Å². The summed E-state index contributed by atoms with van der Waals surface area (Å²) < 4.78 is 5.43. The molecule has 3 nitrogen and oxygen atoms in total. The lowest BCUT2D eigenvalue weighted by atomic mass is 10.0. The van der Waals surface area contributed by atoms with Crippen LogP contribution in [-0.2, 0) is 6.42 Å². The third-order valence-corrected chi connectivity index (χ3v) is 3.09. The van der Waals surface area contributed by atoms with Crippen LogP contribution in [0.4, 0.5) is 0 Å². The van der Waals surface area contributed by atoms with Crippen LogP contribution < -0.4 is 10.5 Å². The third-order valence-electron chi connectivity index (χ3n) is 2.84. The molecule has 2 rings (SSSR count). The fourth-order valence-corrected chi connectivity index (χ4v) is 2.00. The van der Waals surface area contributed by atoms with Crippen molar-refractivity contribution in [2.75, 3.05) is 6.61 Å². The Balaban J connectivity index is 2.08. The molecule has 0 fully saturated rings. The molecule has 100 valence electrons. The summed E-state index contributed by atoms with van der Waals surface area (Å²) >= 11 is 5.86. The van der Waals surface area contributed by atoms with Gasteiger partial charge in [0.1, 0.15) is 5.75 Å². The first-order valence-electron chi connectivity index (χ1n) is 6.27. The molecular weight excluding hydrogens is 260 g/mol. The molecule has 1 aromatic carbocycles. The minimum atomic E-state index is -0.103. The van der Waals surface area contributed by atoms with E-state index in [0.717, 1.165) is 28.3 Å². The first kappa shape index (κ1) is 13.8. The number of hydrogen-bond acceptors (Lipinski definition) is 3. The molecule has 1 atom stereocenters. The lowest BCUT2D eigenvalue weighted by Crippen LogP contribution is -2.13. The van der Waals surface area contributed by atoms with Crippen LogP contribution in [-0.4, -0.2) is 11.6 Å². The molecule has 1 aromatic heterocycles. The first-order chi connectivity index (χ1) is 9.19. The highest BCUT2D eigenvalue weighted by Crippen LogP contribution is 2.20. The second kappa shape index (κ2) is 6.55. The number of nitrogens with zero attached hydrogens (tertiary/aromatic N) is 1. The van der Waals surface area contributed by atoms with Crippen molar-refractivity contribution in [1.29, 1.82) is 0 Å². The van der Waals surface area contributed by atoms with Gasteiger partial charge in [-0.1, -0.05) is 23.7 Å². The van der Waals surface area contributed by atoms with Gasteiger partial charge in [-0.2, -0.15) is 0 Å². The molecular formula is C15H17ClN2O. The van der Waals surface area contributed by atoms with Crippen LogP contribution in [0, 0.1) is 0 Å². The Morgan fingerprint density at radius 1 is 1.26 bits per heavy atom. The van der Waals surface area contributed by atoms with Gasteiger partial charge in [0.15, 0.2) is 0 Å². The van der Waals surface area contributed by atoms with Crippen molar-refractivity contribution in [1.82, 2.24) is 4.98 Å². The van der Waals surface area contributed by atoms with Crippen LogP contribution in [0.25, 0.3) is 0 Å². The molecule has 0 saturated carbocycles. The van der Waals surface area contributed by atoms with E-state index in [2.05, 4.69) is 4.98 Å². The Kier molecular flexibility index (Phi) is 4.77. The molecule has 0 spiro atoms. The second-order valence-corrected chi connectivity index (χ2v) is 4.76. The van der Waals surface area contributed by atoms with E-state index in [-0.39, 0.29) is 6.04 Å². The molecule has 2 N–H and O–H groups in total. The van der Waals surface area contributed by atoms with Crippen molar-refractivity contribution >= 4 is 11.6 Å². The molecule has 1 unspecified atom stereocenters. The van der Waals surface area contributed by atoms with E-state index in [1.165, 1.54) is 0 Å². The molecule has 0 amide bonds. The summed E-state index contributed by atoms with van der Waals surface area (Å²) in [5.41, 5.74) is 8.33. The van der Waals surface area contributed by atoms with Gasteiger partial charge in [-0.25, -0.2) is 0 Å². The zero-order valence-corrected chi connectivity index (χ0v) is 11.6. The lowest BCUT2D eigenvalue weighted by Gasteiger charge is -2.13. The normalized spacial score (nSPS) is 12.2. The molecule has 0 aliphatic rings. The lowest BCUT2D eigenvalue weighted by molar-refractivity contribution is 0.338. The summed E-state index contributed by atoms with van der Waals surface area (Å²) in [4.78, 5) is 4.15. The number of pyridine rings is 1. The van der Waals surface area contributed by atoms with Gasteiger partial charge in [0.25, 0.3) is 0 Å². The highest BCUT2D eigenvalue weighted by atomic mass is 35.5. The molecule has 0 radical (unpaired) electrons. The summed E-state index contributed by atoms with van der Waals surface area (Å²) in [6.45, 7) is 2.57. The molecule has 4 heteroatoms. The van der Waals surface area contributed by atoms with E-state index < -0.39 is 0 Å². The standard InChI is InChI=1S/C15H17ClN2O/c1-2-19-14-8-12(9-18-10-14)15(17)7-11-3-5-13(16)6-4-11/h3-6,8-10,15H,2,7,17H2,1H3. The molecule has 1 heterocycles. The van der Waals surface area contributed by atoms with E-state index in [1.54, 1.807) is 12.4 Å². The topological polar surface area (TPSA) is 48.1 Å². The van der Waals surface area contributed by atoms with Crippen molar-refractivity contribution in [3.8, 4) is 5.75 Å². The predicted octanol–water partition coefficient (Wildman–Crippen LogP) is 3.38. The van der Waals surface area contributed by atoms with Crippen LogP contribution in [0.5, 0.6) is 5.75 Å². The van der Waals surface area contributed by atoms with Crippen LogP contribution in [0.3, 0.4) is 0 Å². The van der Waals surface area contributed by atoms with E-state index >= 15 is 0 Å². The summed E-state index contributed by atoms with van der Waals surface area (Å²) in [7, 11) is 0. The number of halogens is 1. The zero-order valence-electron chi connectivity index (χ0n) is 10.8. The zero-order chi connectivity index (χ0) is 13.7. The van der Waals surface area contributed by atoms with Crippen molar-refractivity contribution in [2.45, 2.75) is 19.4 Å². The fourth-order valence-electron chi connectivity index (χ4n) is 1.88. The third kappa shape index (κ3) is 3.94. The number of benzene rings is 1. The number of ether oxygens (including phenoxy) is 1. The highest BCUT2D eigenvalue weighted by Gasteiger charge is 2.09. The van der Waals surface area contributed by atoms with Crippen molar-refractivity contribution < 1.29 is 4.74 Å². The number of hydrogen-bond donors (Lipinski definition) is 1. The van der Waals surface area contributed by atoms with Crippen molar-refractivity contribution in [2.24, 2.45) is 5.73 Å². The van der Waals surface area contributed by atoms with Crippen LogP contribution in [0.15, 0.2) is 42.7 Å². The van der Waals surface area contributed by atoms with Gasteiger partial charge in [-0.05, 0) is 42.7 Å². The van der Waals surface area contributed by atoms with Gasteiger partial charge >= 0.3 is 0 Å². The van der Waals surface area contributed by atoms with Gasteiger partial charge in [0, 0.05) is 17.3 Å². The Hall–Kier alpha value is -1.58. The SMILES string of the molecule is CCOc1cncc(C(N)Cc2ccc(Cl)cc2)c1. The number of rotatable bonds is 5. The largest absolute Gasteiger partial charge is 0.492 e. The smallest absolute Gasteiger partial charge is 0.137 e. The van der Waals surface area contributed by atoms with Crippen LogP contribution >= 0.6 is 11.6 Å². The first-order valence-corrected chi connectivity index (χ1v) is 6.64. The van der Waals surface area contributed by atoms with Gasteiger partial charge in [-0.15, -0.1) is 0 Å². The Labute approximate surface area is 118 Å². The maximum atomic E-state index is 6.20. The molecule has 0 aliphatic heterocycles. The molecule has 19 heavy (non-hydrogen) atoms. The van der Waals surface area contributed by atoms with E-state index in [9.17, 15) is 0 Å². The molecule has 0 aliphatic carbocycles. The summed E-state index contributed by atoms with van der Waals surface area (Å²) in [6, 6.07) is 9.56.